The van der Waals surface area contributed by atoms with E-state index in [0.29, 0.717) is 11.8 Å². The lowest BCUT2D eigenvalue weighted by molar-refractivity contribution is -0.120. The minimum absolute atomic E-state index is 0.171. The number of hydrogen-bond acceptors (Lipinski definition) is 1. The Morgan fingerprint density at radius 3 is 2.61 bits per heavy atom. The van der Waals surface area contributed by atoms with Crippen LogP contribution in [0.15, 0.2) is 24.3 Å². The van der Waals surface area contributed by atoms with E-state index in [1.807, 2.05) is 24.3 Å². The molecule has 18 heavy (non-hydrogen) atoms. The van der Waals surface area contributed by atoms with E-state index in [0.717, 1.165) is 18.5 Å². The van der Waals surface area contributed by atoms with Crippen molar-refractivity contribution in [3.63, 3.8) is 0 Å². The summed E-state index contributed by atoms with van der Waals surface area (Å²) in [6, 6.07) is 7.96. The summed E-state index contributed by atoms with van der Waals surface area (Å²) in [5, 5.41) is 3.01. The maximum Gasteiger partial charge on any atom is 0.227 e. The van der Waals surface area contributed by atoms with Gasteiger partial charge in [-0.2, -0.15) is 0 Å². The largest absolute Gasteiger partial charge is 0.326 e. The van der Waals surface area contributed by atoms with Gasteiger partial charge in [0.1, 0.15) is 0 Å². The van der Waals surface area contributed by atoms with Crippen LogP contribution in [0.2, 0.25) is 0 Å². The van der Waals surface area contributed by atoms with Gasteiger partial charge in [-0.3, -0.25) is 4.79 Å². The van der Waals surface area contributed by atoms with Gasteiger partial charge in [-0.05, 0) is 42.9 Å². The molecule has 0 heterocycles. The van der Waals surface area contributed by atoms with Crippen LogP contribution in [0.3, 0.4) is 0 Å². The van der Waals surface area contributed by atoms with E-state index >= 15 is 0 Å². The minimum Gasteiger partial charge on any atom is -0.326 e. The van der Waals surface area contributed by atoms with Crippen LogP contribution in [0.4, 0.5) is 5.69 Å². The molecule has 0 spiro atoms. The smallest absolute Gasteiger partial charge is 0.227 e. The van der Waals surface area contributed by atoms with Crippen molar-refractivity contribution in [2.75, 3.05) is 11.2 Å². The average Bonchev–Trinajstić information content (AvgIpc) is 2.78. The molecule has 0 bridgehead atoms. The van der Waals surface area contributed by atoms with Crippen LogP contribution in [-0.2, 0) is 11.2 Å². The molecule has 1 saturated carbocycles. The van der Waals surface area contributed by atoms with Crippen molar-refractivity contribution in [3.8, 4) is 0 Å². The zero-order valence-electron chi connectivity index (χ0n) is 10.8. The molecule has 1 fully saturated rings. The lowest BCUT2D eigenvalue weighted by Gasteiger charge is -2.15. The van der Waals surface area contributed by atoms with Crippen LogP contribution in [0.25, 0.3) is 0 Å². The van der Waals surface area contributed by atoms with Crippen LogP contribution in [-0.4, -0.2) is 11.8 Å². The van der Waals surface area contributed by atoms with E-state index in [-0.39, 0.29) is 11.8 Å². The highest BCUT2D eigenvalue weighted by Crippen LogP contribution is 2.32. The molecule has 1 amide bonds. The van der Waals surface area contributed by atoms with Gasteiger partial charge in [0.15, 0.2) is 0 Å². The first-order valence-corrected chi connectivity index (χ1v) is 7.20. The second-order valence-electron chi connectivity index (χ2n) is 5.14. The summed E-state index contributed by atoms with van der Waals surface area (Å²) in [7, 11) is 0. The number of alkyl halides is 1. The van der Waals surface area contributed by atoms with Crippen molar-refractivity contribution in [1.29, 1.82) is 0 Å². The van der Waals surface area contributed by atoms with Crippen LogP contribution in [0.5, 0.6) is 0 Å². The van der Waals surface area contributed by atoms with Crippen molar-refractivity contribution in [3.05, 3.63) is 29.8 Å². The van der Waals surface area contributed by atoms with Gasteiger partial charge in [0.2, 0.25) is 5.91 Å². The molecule has 2 atom stereocenters. The number of nitrogens with one attached hydrogen (secondary N) is 1. The maximum absolute atomic E-state index is 12.1. The fourth-order valence-electron chi connectivity index (χ4n) is 2.63. The molecular formula is C15H20ClNO. The number of amides is 1. The van der Waals surface area contributed by atoms with E-state index < -0.39 is 0 Å². The lowest BCUT2D eigenvalue weighted by Crippen LogP contribution is -2.24. The third-order valence-electron chi connectivity index (χ3n) is 3.80. The molecule has 1 aliphatic rings. The lowest BCUT2D eigenvalue weighted by atomic mass is 9.97. The number of hydrogen-bond donors (Lipinski definition) is 1. The number of carbonyl (C=O) groups excluding carboxylic acids is 1. The van der Waals surface area contributed by atoms with Gasteiger partial charge in [0.25, 0.3) is 0 Å². The Kier molecular flexibility index (Phi) is 4.65. The van der Waals surface area contributed by atoms with E-state index in [2.05, 4.69) is 12.2 Å². The Labute approximate surface area is 114 Å². The third-order valence-corrected chi connectivity index (χ3v) is 3.99. The van der Waals surface area contributed by atoms with Gasteiger partial charge in [0.05, 0.1) is 0 Å². The summed E-state index contributed by atoms with van der Waals surface area (Å²) in [4.78, 5) is 12.1. The summed E-state index contributed by atoms with van der Waals surface area (Å²) in [6.45, 7) is 2.17. The zero-order chi connectivity index (χ0) is 13.0. The van der Waals surface area contributed by atoms with E-state index in [1.165, 1.54) is 18.4 Å². The normalized spacial score (nSPS) is 23.0. The van der Waals surface area contributed by atoms with E-state index in [4.69, 9.17) is 11.6 Å². The first kappa shape index (κ1) is 13.4. The molecule has 1 aromatic rings. The van der Waals surface area contributed by atoms with Crippen molar-refractivity contribution < 1.29 is 4.79 Å². The first-order chi connectivity index (χ1) is 8.70. The standard InChI is InChI=1S/C15H20ClNO/c1-11-3-2-4-14(11)15(18)17-13-7-5-12(6-8-13)9-10-16/h5-8,11,14H,2-4,9-10H2,1H3,(H,17,18). The Morgan fingerprint density at radius 2 is 2.06 bits per heavy atom. The molecule has 98 valence electrons. The molecule has 1 N–H and O–H groups in total. The summed E-state index contributed by atoms with van der Waals surface area (Å²) >= 11 is 5.69. The topological polar surface area (TPSA) is 29.1 Å². The molecule has 0 aromatic heterocycles. The average molecular weight is 266 g/mol. The molecule has 0 saturated heterocycles. The predicted molar refractivity (Wildman–Crippen MR) is 76.0 cm³/mol. The number of rotatable bonds is 4. The Hall–Kier alpha value is -1.02. The molecule has 1 aliphatic carbocycles. The Balaban J connectivity index is 1.94. The molecule has 0 aliphatic heterocycles. The van der Waals surface area contributed by atoms with Crippen LogP contribution >= 0.6 is 11.6 Å². The van der Waals surface area contributed by atoms with Gasteiger partial charge in [-0.25, -0.2) is 0 Å². The summed E-state index contributed by atoms with van der Waals surface area (Å²) in [5.74, 6) is 1.50. The second-order valence-corrected chi connectivity index (χ2v) is 5.52. The van der Waals surface area contributed by atoms with E-state index in [1.54, 1.807) is 0 Å². The predicted octanol–water partition coefficient (Wildman–Crippen LogP) is 3.84. The molecule has 1 aromatic carbocycles. The highest BCUT2D eigenvalue weighted by atomic mass is 35.5. The van der Waals surface area contributed by atoms with Crippen molar-refractivity contribution in [1.82, 2.24) is 0 Å². The van der Waals surface area contributed by atoms with Crippen molar-refractivity contribution >= 4 is 23.2 Å². The monoisotopic (exact) mass is 265 g/mol. The fraction of sp³-hybridized carbons (Fsp3) is 0.533. The van der Waals surface area contributed by atoms with Crippen LogP contribution in [0, 0.1) is 11.8 Å². The van der Waals surface area contributed by atoms with Crippen LogP contribution in [0.1, 0.15) is 31.7 Å². The Morgan fingerprint density at radius 1 is 1.33 bits per heavy atom. The van der Waals surface area contributed by atoms with Gasteiger partial charge < -0.3 is 5.32 Å². The number of anilines is 1. The van der Waals surface area contributed by atoms with Crippen LogP contribution < -0.4 is 5.32 Å². The number of aryl methyl sites for hydroxylation is 1. The number of halogens is 1. The van der Waals surface area contributed by atoms with Crippen molar-refractivity contribution in [2.45, 2.75) is 32.6 Å². The Bertz CT molecular complexity index is 401. The summed E-state index contributed by atoms with van der Waals surface area (Å²) in [5.41, 5.74) is 2.09. The van der Waals surface area contributed by atoms with Gasteiger partial charge >= 0.3 is 0 Å². The van der Waals surface area contributed by atoms with Gasteiger partial charge in [-0.1, -0.05) is 25.5 Å². The first-order valence-electron chi connectivity index (χ1n) is 6.66. The molecular weight excluding hydrogens is 246 g/mol. The third kappa shape index (κ3) is 3.26. The minimum atomic E-state index is 0.171. The summed E-state index contributed by atoms with van der Waals surface area (Å²) < 4.78 is 0. The van der Waals surface area contributed by atoms with E-state index in [9.17, 15) is 4.79 Å². The maximum atomic E-state index is 12.1. The number of carbonyl (C=O) groups is 1. The highest BCUT2D eigenvalue weighted by Gasteiger charge is 2.29. The highest BCUT2D eigenvalue weighted by molar-refractivity contribution is 6.17. The van der Waals surface area contributed by atoms with Gasteiger partial charge in [-0.15, -0.1) is 11.6 Å². The molecule has 2 unspecified atom stereocenters. The molecule has 0 radical (unpaired) electrons. The second kappa shape index (κ2) is 6.24. The quantitative estimate of drug-likeness (QED) is 0.824. The summed E-state index contributed by atoms with van der Waals surface area (Å²) in [6.07, 6.45) is 4.24. The molecule has 3 heteroatoms. The SMILES string of the molecule is CC1CCCC1C(=O)Nc1ccc(CCCl)cc1. The fourth-order valence-corrected chi connectivity index (χ4v) is 2.85. The molecule has 2 rings (SSSR count). The molecule has 2 nitrogen and oxygen atoms in total. The van der Waals surface area contributed by atoms with Crippen molar-refractivity contribution in [2.24, 2.45) is 11.8 Å². The number of benzene rings is 1. The van der Waals surface area contributed by atoms with Gasteiger partial charge in [0, 0.05) is 17.5 Å². The zero-order valence-corrected chi connectivity index (χ0v) is 11.5.